The van der Waals surface area contributed by atoms with Crippen molar-refractivity contribution in [1.29, 1.82) is 0 Å². The Bertz CT molecular complexity index is 437. The zero-order valence-electron chi connectivity index (χ0n) is 9.92. The molecule has 0 atom stereocenters. The van der Waals surface area contributed by atoms with Gasteiger partial charge in [0.15, 0.2) is 0 Å². The Kier molecular flexibility index (Phi) is 6.74. The van der Waals surface area contributed by atoms with Crippen molar-refractivity contribution >= 4 is 29.8 Å². The third-order valence-corrected chi connectivity index (χ3v) is 2.21. The third kappa shape index (κ3) is 4.58. The molecule has 0 saturated carbocycles. The van der Waals surface area contributed by atoms with Gasteiger partial charge in [0.05, 0.1) is 11.5 Å². The number of rotatable bonds is 5. The van der Waals surface area contributed by atoms with Crippen molar-refractivity contribution in [2.24, 2.45) is 0 Å². The number of nitrogens with two attached hydrogens (primary N) is 1. The lowest BCUT2D eigenvalue weighted by Crippen LogP contribution is -2.06. The summed E-state index contributed by atoms with van der Waals surface area (Å²) in [6, 6.07) is 4.43. The number of nitrogens with zero attached hydrogens (tertiary/aromatic N) is 1. The first-order valence-electron chi connectivity index (χ1n) is 5.23. The average molecular weight is 275 g/mol. The Labute approximate surface area is 111 Å². The highest BCUT2D eigenvalue weighted by atomic mass is 35.5. The maximum atomic E-state index is 11.1. The molecule has 0 aliphatic carbocycles. The minimum Gasteiger partial charge on any atom is -0.466 e. The summed E-state index contributed by atoms with van der Waals surface area (Å²) in [5.41, 5.74) is 6.23. The van der Waals surface area contributed by atoms with E-state index in [0.717, 1.165) is 0 Å². The first kappa shape index (κ1) is 16.2. The van der Waals surface area contributed by atoms with Crippen LogP contribution in [0.5, 0.6) is 0 Å². The minimum atomic E-state index is -0.503. The third-order valence-electron chi connectivity index (χ3n) is 2.21. The number of benzene rings is 1. The molecule has 0 amide bonds. The summed E-state index contributed by atoms with van der Waals surface area (Å²) in [4.78, 5) is 21.4. The van der Waals surface area contributed by atoms with E-state index in [9.17, 15) is 14.9 Å². The van der Waals surface area contributed by atoms with Gasteiger partial charge in [-0.1, -0.05) is 6.07 Å². The van der Waals surface area contributed by atoms with Crippen LogP contribution in [0.4, 0.5) is 11.4 Å². The highest BCUT2D eigenvalue weighted by molar-refractivity contribution is 5.85. The van der Waals surface area contributed by atoms with Crippen molar-refractivity contribution in [3.63, 3.8) is 0 Å². The standard InChI is InChI=1S/C11H14N2O4.ClH/c1-2-17-11(14)6-4-8-3-5-9(12)7-10(8)13(15)16;/h3,5,7H,2,4,6,12H2,1H3;1H. The summed E-state index contributed by atoms with van der Waals surface area (Å²) in [6.45, 7) is 2.02. The van der Waals surface area contributed by atoms with Gasteiger partial charge in [-0.25, -0.2) is 0 Å². The zero-order chi connectivity index (χ0) is 12.8. The average Bonchev–Trinajstić information content (AvgIpc) is 2.27. The van der Waals surface area contributed by atoms with Crippen LogP contribution < -0.4 is 5.73 Å². The van der Waals surface area contributed by atoms with E-state index in [-0.39, 0.29) is 36.9 Å². The van der Waals surface area contributed by atoms with E-state index in [0.29, 0.717) is 17.9 Å². The highest BCUT2D eigenvalue weighted by Gasteiger charge is 2.15. The summed E-state index contributed by atoms with van der Waals surface area (Å²) in [6.07, 6.45) is 0.397. The Morgan fingerprint density at radius 1 is 1.50 bits per heavy atom. The lowest BCUT2D eigenvalue weighted by molar-refractivity contribution is -0.385. The number of nitrogen functional groups attached to an aromatic ring is 1. The van der Waals surface area contributed by atoms with Crippen LogP contribution in [0.2, 0.25) is 0 Å². The van der Waals surface area contributed by atoms with Crippen molar-refractivity contribution in [3.8, 4) is 0 Å². The van der Waals surface area contributed by atoms with Gasteiger partial charge in [-0.3, -0.25) is 14.9 Å². The van der Waals surface area contributed by atoms with E-state index in [2.05, 4.69) is 0 Å². The SMILES string of the molecule is CCOC(=O)CCc1ccc(N)cc1[N+](=O)[O-].Cl. The summed E-state index contributed by atoms with van der Waals surface area (Å²) in [7, 11) is 0. The van der Waals surface area contributed by atoms with E-state index in [1.165, 1.54) is 6.07 Å². The van der Waals surface area contributed by atoms with E-state index in [4.69, 9.17) is 10.5 Å². The Balaban J connectivity index is 0.00000289. The number of halogens is 1. The lowest BCUT2D eigenvalue weighted by Gasteiger charge is -2.04. The lowest BCUT2D eigenvalue weighted by atomic mass is 10.1. The van der Waals surface area contributed by atoms with Crippen molar-refractivity contribution < 1.29 is 14.5 Å². The molecule has 0 aliphatic rings. The van der Waals surface area contributed by atoms with Gasteiger partial charge < -0.3 is 10.5 Å². The Hall–Kier alpha value is -1.82. The van der Waals surface area contributed by atoms with Gasteiger partial charge in [-0.2, -0.15) is 0 Å². The number of carbonyl (C=O) groups excluding carboxylic acids is 1. The number of nitro groups is 1. The zero-order valence-corrected chi connectivity index (χ0v) is 10.7. The van der Waals surface area contributed by atoms with E-state index in [1.807, 2.05) is 0 Å². The van der Waals surface area contributed by atoms with E-state index < -0.39 is 4.92 Å². The van der Waals surface area contributed by atoms with Gasteiger partial charge in [-0.05, 0) is 19.4 Å². The fourth-order valence-electron chi connectivity index (χ4n) is 1.43. The number of esters is 1. The number of hydrogen-bond acceptors (Lipinski definition) is 5. The van der Waals surface area contributed by atoms with E-state index >= 15 is 0 Å². The summed E-state index contributed by atoms with van der Waals surface area (Å²) >= 11 is 0. The van der Waals surface area contributed by atoms with Crippen LogP contribution in [-0.2, 0) is 16.0 Å². The summed E-state index contributed by atoms with van der Waals surface area (Å²) in [5.74, 6) is -0.362. The summed E-state index contributed by atoms with van der Waals surface area (Å²) < 4.78 is 4.75. The second-order valence-corrected chi connectivity index (χ2v) is 3.45. The molecule has 0 bridgehead atoms. The second-order valence-electron chi connectivity index (χ2n) is 3.45. The molecule has 2 N–H and O–H groups in total. The molecule has 100 valence electrons. The fourth-order valence-corrected chi connectivity index (χ4v) is 1.43. The molecule has 6 nitrogen and oxygen atoms in total. The molecular weight excluding hydrogens is 260 g/mol. The van der Waals surface area contributed by atoms with Crippen molar-refractivity contribution in [2.45, 2.75) is 19.8 Å². The molecule has 0 saturated heterocycles. The number of hydrogen-bond donors (Lipinski definition) is 1. The highest BCUT2D eigenvalue weighted by Crippen LogP contribution is 2.22. The smallest absolute Gasteiger partial charge is 0.306 e. The van der Waals surface area contributed by atoms with Crippen LogP contribution in [0.3, 0.4) is 0 Å². The first-order chi connectivity index (χ1) is 8.04. The number of aryl methyl sites for hydroxylation is 1. The van der Waals surface area contributed by atoms with Gasteiger partial charge in [0.1, 0.15) is 0 Å². The number of carbonyl (C=O) groups is 1. The van der Waals surface area contributed by atoms with Crippen molar-refractivity contribution in [1.82, 2.24) is 0 Å². The topological polar surface area (TPSA) is 95.5 Å². The molecule has 1 rings (SSSR count). The van der Waals surface area contributed by atoms with Gasteiger partial charge in [0.25, 0.3) is 5.69 Å². The molecule has 18 heavy (non-hydrogen) atoms. The van der Waals surface area contributed by atoms with Crippen LogP contribution in [0.25, 0.3) is 0 Å². The molecule has 1 aromatic carbocycles. The number of nitro benzene ring substituents is 1. The van der Waals surface area contributed by atoms with Crippen LogP contribution in [0.1, 0.15) is 18.9 Å². The maximum absolute atomic E-state index is 11.1. The molecular formula is C11H15ClN2O4. The fraction of sp³-hybridized carbons (Fsp3) is 0.364. The van der Waals surface area contributed by atoms with Crippen molar-refractivity contribution in [2.75, 3.05) is 12.3 Å². The first-order valence-corrected chi connectivity index (χ1v) is 5.23. The van der Waals surface area contributed by atoms with Gasteiger partial charge in [0, 0.05) is 23.7 Å². The molecule has 1 aromatic rings. The second kappa shape index (κ2) is 7.50. The molecule has 7 heteroatoms. The largest absolute Gasteiger partial charge is 0.466 e. The molecule has 0 unspecified atom stereocenters. The molecule has 0 fully saturated rings. The van der Waals surface area contributed by atoms with E-state index in [1.54, 1.807) is 19.1 Å². The maximum Gasteiger partial charge on any atom is 0.306 e. The number of anilines is 1. The molecule has 0 heterocycles. The van der Waals surface area contributed by atoms with Gasteiger partial charge in [-0.15, -0.1) is 12.4 Å². The molecule has 0 radical (unpaired) electrons. The Morgan fingerprint density at radius 3 is 2.72 bits per heavy atom. The molecule has 0 aliphatic heterocycles. The molecule has 0 aromatic heterocycles. The van der Waals surface area contributed by atoms with Crippen molar-refractivity contribution in [3.05, 3.63) is 33.9 Å². The molecule has 0 spiro atoms. The van der Waals surface area contributed by atoms with Crippen LogP contribution in [0, 0.1) is 10.1 Å². The predicted octanol–water partition coefficient (Wildman–Crippen LogP) is 2.09. The Morgan fingerprint density at radius 2 is 2.17 bits per heavy atom. The number of ether oxygens (including phenoxy) is 1. The van der Waals surface area contributed by atoms with Crippen LogP contribution in [-0.4, -0.2) is 17.5 Å². The van der Waals surface area contributed by atoms with Crippen LogP contribution >= 0.6 is 12.4 Å². The summed E-state index contributed by atoms with van der Waals surface area (Å²) in [5, 5.41) is 10.8. The monoisotopic (exact) mass is 274 g/mol. The van der Waals surface area contributed by atoms with Gasteiger partial charge >= 0.3 is 5.97 Å². The normalized spacial score (nSPS) is 9.39. The quantitative estimate of drug-likeness (QED) is 0.384. The predicted molar refractivity (Wildman–Crippen MR) is 69.7 cm³/mol. The van der Waals surface area contributed by atoms with Crippen LogP contribution in [0.15, 0.2) is 18.2 Å². The minimum absolute atomic E-state index is 0. The van der Waals surface area contributed by atoms with Gasteiger partial charge in [0.2, 0.25) is 0 Å².